The number of halogens is 3. The van der Waals surface area contributed by atoms with Crippen LogP contribution in [0.3, 0.4) is 0 Å². The molecule has 206 valence electrons. The van der Waals surface area contributed by atoms with Crippen molar-refractivity contribution in [1.82, 2.24) is 9.88 Å². The fourth-order valence-electron chi connectivity index (χ4n) is 4.32. The van der Waals surface area contributed by atoms with E-state index in [1.807, 2.05) is 24.3 Å². The Morgan fingerprint density at radius 3 is 2.23 bits per heavy atom. The molecule has 4 rings (SSSR count). The van der Waals surface area contributed by atoms with Gasteiger partial charge in [-0.15, -0.1) is 13.2 Å². The van der Waals surface area contributed by atoms with E-state index in [2.05, 4.69) is 9.72 Å². The topological polar surface area (TPSA) is 104 Å². The van der Waals surface area contributed by atoms with Crippen LogP contribution in [0.5, 0.6) is 11.6 Å². The van der Waals surface area contributed by atoms with Gasteiger partial charge in [-0.25, -0.2) is 4.98 Å². The maximum absolute atomic E-state index is 12.7. The van der Waals surface area contributed by atoms with Crippen molar-refractivity contribution < 1.29 is 37.0 Å². The quantitative estimate of drug-likeness (QED) is 0.426. The van der Waals surface area contributed by atoms with Gasteiger partial charge in [0.2, 0.25) is 11.8 Å². The van der Waals surface area contributed by atoms with Crippen molar-refractivity contribution in [2.24, 2.45) is 5.73 Å². The van der Waals surface area contributed by atoms with Gasteiger partial charge in [0.05, 0.1) is 13.0 Å². The number of carbonyl (C=O) groups is 2. The minimum atomic E-state index is -4.77. The first kappa shape index (κ1) is 27.9. The van der Waals surface area contributed by atoms with Crippen LogP contribution in [0.15, 0.2) is 60.8 Å². The van der Waals surface area contributed by atoms with Gasteiger partial charge in [-0.3, -0.25) is 9.59 Å². The second-order valence-electron chi connectivity index (χ2n) is 9.14. The number of aromatic nitrogens is 1. The highest BCUT2D eigenvalue weighted by Crippen LogP contribution is 2.27. The van der Waals surface area contributed by atoms with Crippen LogP contribution in [0.1, 0.15) is 34.3 Å². The van der Waals surface area contributed by atoms with E-state index < -0.39 is 12.3 Å². The van der Waals surface area contributed by atoms with Crippen LogP contribution >= 0.6 is 0 Å². The summed E-state index contributed by atoms with van der Waals surface area (Å²) >= 11 is 0. The Morgan fingerprint density at radius 2 is 1.64 bits per heavy atom. The first-order valence-electron chi connectivity index (χ1n) is 12.3. The largest absolute Gasteiger partial charge is 0.573 e. The zero-order chi connectivity index (χ0) is 28.0. The average Bonchev–Trinajstić information content (AvgIpc) is 2.90. The highest BCUT2D eigenvalue weighted by Gasteiger charge is 2.31. The lowest BCUT2D eigenvalue weighted by molar-refractivity contribution is -0.274. The number of benzene rings is 2. The van der Waals surface area contributed by atoms with E-state index in [9.17, 15) is 22.8 Å². The van der Waals surface area contributed by atoms with Gasteiger partial charge in [0.25, 0.3) is 5.91 Å². The second kappa shape index (κ2) is 12.2. The number of carbonyl (C=O) groups excluding carboxylic acids is 2. The van der Waals surface area contributed by atoms with Crippen LogP contribution in [-0.2, 0) is 22.6 Å². The fraction of sp³-hybridized carbons (Fsp3) is 0.321. The SMILES string of the molecule is COCc1ccc(-c2cnc(OC3CCN(C(=O)Cc4ccc(OC(F)(F)F)cc4)CC3)c(C(N)=O)c2)cc1. The standard InChI is InChI=1S/C28H28F3N3O5/c1-37-17-19-2-6-20(7-3-19)21-15-24(26(32)36)27(33-16-21)38-22-10-12-34(13-11-22)25(35)14-18-4-8-23(9-5-18)39-28(29,30)31/h2-9,15-16,22H,10-14,17H2,1H3,(H2,32,36). The number of amides is 2. The molecule has 0 saturated carbocycles. The molecule has 1 aromatic heterocycles. The van der Waals surface area contributed by atoms with Crippen LogP contribution in [-0.4, -0.2) is 54.4 Å². The van der Waals surface area contributed by atoms with E-state index >= 15 is 0 Å². The summed E-state index contributed by atoms with van der Waals surface area (Å²) in [4.78, 5) is 30.9. The summed E-state index contributed by atoms with van der Waals surface area (Å²) in [5.41, 5.74) is 8.97. The Kier molecular flexibility index (Phi) is 8.70. The highest BCUT2D eigenvalue weighted by atomic mass is 19.4. The maximum atomic E-state index is 12.7. The molecule has 2 amide bonds. The Morgan fingerprint density at radius 1 is 1.00 bits per heavy atom. The molecule has 0 unspecified atom stereocenters. The molecule has 2 aromatic carbocycles. The summed E-state index contributed by atoms with van der Waals surface area (Å²) in [6.45, 7) is 1.35. The molecule has 0 aliphatic carbocycles. The number of nitrogens with two attached hydrogens (primary N) is 1. The molecule has 1 aliphatic rings. The highest BCUT2D eigenvalue weighted by molar-refractivity contribution is 5.96. The third kappa shape index (κ3) is 7.70. The number of likely N-dealkylation sites (tertiary alicyclic amines) is 1. The number of nitrogens with zero attached hydrogens (tertiary/aromatic N) is 2. The summed E-state index contributed by atoms with van der Waals surface area (Å²) in [6.07, 6.45) is -2.32. The van der Waals surface area contributed by atoms with E-state index in [0.29, 0.717) is 38.1 Å². The zero-order valence-corrected chi connectivity index (χ0v) is 21.2. The summed E-state index contributed by atoms with van der Waals surface area (Å²) in [6, 6.07) is 14.6. The summed E-state index contributed by atoms with van der Waals surface area (Å²) in [5, 5.41) is 0. The zero-order valence-electron chi connectivity index (χ0n) is 21.2. The van der Waals surface area contributed by atoms with Gasteiger partial charge >= 0.3 is 6.36 Å². The number of alkyl halides is 3. The summed E-state index contributed by atoms with van der Waals surface area (Å²) < 4.78 is 52.0. The molecule has 2 N–H and O–H groups in total. The number of methoxy groups -OCH3 is 1. The predicted molar refractivity (Wildman–Crippen MR) is 136 cm³/mol. The minimum absolute atomic E-state index is 0.0547. The lowest BCUT2D eigenvalue weighted by atomic mass is 10.0. The van der Waals surface area contributed by atoms with Crippen molar-refractivity contribution >= 4 is 11.8 Å². The van der Waals surface area contributed by atoms with Crippen LogP contribution in [0.2, 0.25) is 0 Å². The molecule has 0 atom stereocenters. The van der Waals surface area contributed by atoms with Crippen molar-refractivity contribution in [3.8, 4) is 22.8 Å². The van der Waals surface area contributed by atoms with Crippen molar-refractivity contribution in [3.63, 3.8) is 0 Å². The third-order valence-electron chi connectivity index (χ3n) is 6.30. The van der Waals surface area contributed by atoms with Gasteiger partial charge in [-0.05, 0) is 34.9 Å². The molecule has 0 spiro atoms. The van der Waals surface area contributed by atoms with E-state index in [1.54, 1.807) is 24.3 Å². The number of primary amides is 1. The third-order valence-corrected chi connectivity index (χ3v) is 6.30. The molecule has 0 bridgehead atoms. The Labute approximate surface area is 223 Å². The van der Waals surface area contributed by atoms with Gasteiger partial charge in [0.15, 0.2) is 0 Å². The second-order valence-corrected chi connectivity index (χ2v) is 9.14. The normalized spacial score (nSPS) is 14.2. The number of rotatable bonds is 9. The van der Waals surface area contributed by atoms with Gasteiger partial charge in [0, 0.05) is 44.8 Å². The van der Waals surface area contributed by atoms with Crippen molar-refractivity contribution in [3.05, 3.63) is 77.5 Å². The molecule has 1 aliphatic heterocycles. The first-order valence-corrected chi connectivity index (χ1v) is 12.3. The van der Waals surface area contributed by atoms with Gasteiger partial charge in [0.1, 0.15) is 17.4 Å². The van der Waals surface area contributed by atoms with Crippen molar-refractivity contribution in [2.45, 2.75) is 38.3 Å². The van der Waals surface area contributed by atoms with Crippen LogP contribution in [0.25, 0.3) is 11.1 Å². The van der Waals surface area contributed by atoms with Crippen LogP contribution in [0.4, 0.5) is 13.2 Å². The number of pyridine rings is 1. The summed E-state index contributed by atoms with van der Waals surface area (Å²) in [5.74, 6) is -0.994. The Balaban J connectivity index is 1.33. The van der Waals surface area contributed by atoms with E-state index in [-0.39, 0.29) is 35.6 Å². The Bertz CT molecular complexity index is 1290. The van der Waals surface area contributed by atoms with Gasteiger partial charge < -0.3 is 24.8 Å². The molecule has 8 nitrogen and oxygen atoms in total. The number of piperidine rings is 1. The molecule has 1 fully saturated rings. The molecule has 1 saturated heterocycles. The molecule has 39 heavy (non-hydrogen) atoms. The molecular formula is C28H28F3N3O5. The smallest absolute Gasteiger partial charge is 0.474 e. The molecule has 2 heterocycles. The van der Waals surface area contributed by atoms with Gasteiger partial charge in [-0.2, -0.15) is 0 Å². The average molecular weight is 544 g/mol. The van der Waals surface area contributed by atoms with Gasteiger partial charge in [-0.1, -0.05) is 36.4 Å². The predicted octanol–water partition coefficient (Wildman–Crippen LogP) is 4.51. The minimum Gasteiger partial charge on any atom is -0.474 e. The summed E-state index contributed by atoms with van der Waals surface area (Å²) in [7, 11) is 1.63. The monoisotopic (exact) mass is 543 g/mol. The molecular weight excluding hydrogens is 515 g/mol. The fourth-order valence-corrected chi connectivity index (χ4v) is 4.32. The molecule has 11 heteroatoms. The van der Waals surface area contributed by atoms with Crippen LogP contribution < -0.4 is 15.2 Å². The first-order chi connectivity index (χ1) is 18.6. The van der Waals surface area contributed by atoms with E-state index in [4.69, 9.17) is 15.2 Å². The lowest BCUT2D eigenvalue weighted by Crippen LogP contribution is -2.42. The number of hydrogen-bond donors (Lipinski definition) is 1. The maximum Gasteiger partial charge on any atom is 0.573 e. The van der Waals surface area contributed by atoms with E-state index in [1.165, 1.54) is 24.3 Å². The lowest BCUT2D eigenvalue weighted by Gasteiger charge is -2.32. The van der Waals surface area contributed by atoms with Crippen LogP contribution in [0, 0.1) is 0 Å². The number of ether oxygens (including phenoxy) is 3. The Hall–Kier alpha value is -4.12. The van der Waals surface area contributed by atoms with E-state index in [0.717, 1.165) is 16.7 Å². The molecule has 3 aromatic rings. The number of hydrogen-bond acceptors (Lipinski definition) is 6. The van der Waals surface area contributed by atoms with Crippen molar-refractivity contribution in [1.29, 1.82) is 0 Å². The van der Waals surface area contributed by atoms with Crippen molar-refractivity contribution in [2.75, 3.05) is 20.2 Å². The molecule has 0 radical (unpaired) electrons.